The highest BCUT2D eigenvalue weighted by Gasteiger charge is 2.10. The van der Waals surface area contributed by atoms with Gasteiger partial charge in [-0.2, -0.15) is 0 Å². The largest absolute Gasteiger partial charge is 0.0840 e. The van der Waals surface area contributed by atoms with E-state index in [1.165, 1.54) is 20.8 Å². The van der Waals surface area contributed by atoms with Crippen molar-refractivity contribution in [2.75, 3.05) is 0 Å². The molecule has 90 valence electrons. The van der Waals surface area contributed by atoms with Gasteiger partial charge in [-0.3, -0.25) is 0 Å². The predicted molar refractivity (Wildman–Crippen MR) is 81.7 cm³/mol. The zero-order valence-corrected chi connectivity index (χ0v) is 11.7. The average molecular weight is 299 g/mol. The summed E-state index contributed by atoms with van der Waals surface area (Å²) in [5.41, 5.74) is 1.44. The van der Waals surface area contributed by atoms with Gasteiger partial charge in [0.2, 0.25) is 0 Å². The summed E-state index contributed by atoms with van der Waals surface area (Å²) in [6, 6.07) is 13.0. The first-order valence-electron chi connectivity index (χ1n) is 6.34. The zero-order chi connectivity index (χ0) is 12.4. The fourth-order valence-corrected chi connectivity index (χ4v) is 3.05. The number of benzene rings is 2. The van der Waals surface area contributed by atoms with Gasteiger partial charge >= 0.3 is 0 Å². The summed E-state index contributed by atoms with van der Waals surface area (Å²) in [4.78, 5) is 0. The Kier molecular flexibility index (Phi) is 3.33. The fourth-order valence-electron chi connectivity index (χ4n) is 2.57. The van der Waals surface area contributed by atoms with E-state index in [-0.39, 0.29) is 0 Å². The topological polar surface area (TPSA) is 0 Å². The molecule has 0 heterocycles. The first-order chi connectivity index (χ1) is 8.84. The van der Waals surface area contributed by atoms with E-state index < -0.39 is 0 Å². The Morgan fingerprint density at radius 2 is 1.83 bits per heavy atom. The molecule has 1 atom stereocenters. The van der Waals surface area contributed by atoms with E-state index in [2.05, 4.69) is 76.6 Å². The van der Waals surface area contributed by atoms with Gasteiger partial charge in [0.25, 0.3) is 0 Å². The second kappa shape index (κ2) is 5.11. The Hall–Kier alpha value is -1.34. The highest BCUT2D eigenvalue weighted by atomic mass is 79.9. The van der Waals surface area contributed by atoms with Crippen LogP contribution in [0, 0.1) is 5.92 Å². The molecule has 0 fully saturated rings. The van der Waals surface area contributed by atoms with Crippen LogP contribution in [0.2, 0.25) is 0 Å². The van der Waals surface area contributed by atoms with Crippen LogP contribution >= 0.6 is 15.9 Å². The molecule has 0 N–H and O–H groups in total. The summed E-state index contributed by atoms with van der Waals surface area (Å²) in [6.45, 7) is 0. The lowest BCUT2D eigenvalue weighted by molar-refractivity contribution is 0.656. The number of allylic oxidation sites excluding steroid dienone is 4. The molecule has 18 heavy (non-hydrogen) atoms. The molecule has 0 aromatic heterocycles. The molecule has 0 radical (unpaired) electrons. The highest BCUT2D eigenvalue weighted by molar-refractivity contribution is 9.10. The summed E-state index contributed by atoms with van der Waals surface area (Å²) in [7, 11) is 0. The second-order valence-electron chi connectivity index (χ2n) is 4.77. The summed E-state index contributed by atoms with van der Waals surface area (Å²) >= 11 is 3.63. The van der Waals surface area contributed by atoms with Crippen LogP contribution in [0.1, 0.15) is 12.0 Å². The number of rotatable bonds is 2. The van der Waals surface area contributed by atoms with Gasteiger partial charge in [0, 0.05) is 4.47 Å². The molecule has 2 aromatic carbocycles. The van der Waals surface area contributed by atoms with Gasteiger partial charge < -0.3 is 0 Å². The maximum absolute atomic E-state index is 3.63. The van der Waals surface area contributed by atoms with Crippen molar-refractivity contribution in [3.8, 4) is 0 Å². The lowest BCUT2D eigenvalue weighted by atomic mass is 9.91. The fraction of sp³-hybridized carbons (Fsp3) is 0.176. The molecular formula is C17H15Br. The molecule has 1 aliphatic rings. The number of fused-ring (bicyclic) bond motifs is 1. The molecule has 1 aliphatic carbocycles. The summed E-state index contributed by atoms with van der Waals surface area (Å²) < 4.78 is 1.18. The zero-order valence-electron chi connectivity index (χ0n) is 10.1. The van der Waals surface area contributed by atoms with Crippen molar-refractivity contribution in [2.45, 2.75) is 12.8 Å². The maximum Gasteiger partial charge on any atom is 0.0253 e. The van der Waals surface area contributed by atoms with Crippen molar-refractivity contribution in [3.63, 3.8) is 0 Å². The monoisotopic (exact) mass is 298 g/mol. The van der Waals surface area contributed by atoms with E-state index in [1.54, 1.807) is 0 Å². The van der Waals surface area contributed by atoms with Crippen LogP contribution in [-0.4, -0.2) is 0 Å². The number of hydrogen-bond acceptors (Lipinski definition) is 0. The molecule has 0 saturated carbocycles. The summed E-state index contributed by atoms with van der Waals surface area (Å²) in [5.74, 6) is 0.639. The van der Waals surface area contributed by atoms with Crippen molar-refractivity contribution >= 4 is 26.7 Å². The van der Waals surface area contributed by atoms with Crippen LogP contribution in [0.5, 0.6) is 0 Å². The van der Waals surface area contributed by atoms with E-state index in [0.717, 1.165) is 12.8 Å². The van der Waals surface area contributed by atoms with Crippen molar-refractivity contribution in [1.29, 1.82) is 0 Å². The number of hydrogen-bond donors (Lipinski definition) is 0. The van der Waals surface area contributed by atoms with Crippen LogP contribution in [0.25, 0.3) is 10.8 Å². The van der Waals surface area contributed by atoms with Gasteiger partial charge in [0.05, 0.1) is 0 Å². The van der Waals surface area contributed by atoms with E-state index in [1.807, 2.05) is 0 Å². The van der Waals surface area contributed by atoms with E-state index in [4.69, 9.17) is 0 Å². The second-order valence-corrected chi connectivity index (χ2v) is 5.62. The molecule has 0 amide bonds. The lowest BCUT2D eigenvalue weighted by Crippen LogP contribution is -2.02. The van der Waals surface area contributed by atoms with Gasteiger partial charge in [-0.15, -0.1) is 0 Å². The van der Waals surface area contributed by atoms with Crippen LogP contribution < -0.4 is 0 Å². The van der Waals surface area contributed by atoms with Crippen molar-refractivity contribution in [1.82, 2.24) is 0 Å². The normalized spacial score (nSPS) is 18.4. The highest BCUT2D eigenvalue weighted by Crippen LogP contribution is 2.29. The molecule has 0 spiro atoms. The van der Waals surface area contributed by atoms with Crippen molar-refractivity contribution < 1.29 is 0 Å². The van der Waals surface area contributed by atoms with Crippen molar-refractivity contribution in [3.05, 3.63) is 70.7 Å². The van der Waals surface area contributed by atoms with E-state index in [0.29, 0.717) is 5.92 Å². The third-order valence-corrected chi connectivity index (χ3v) is 4.20. The quantitative estimate of drug-likeness (QED) is 0.708. The van der Waals surface area contributed by atoms with Gasteiger partial charge in [-0.25, -0.2) is 0 Å². The molecule has 0 bridgehead atoms. The van der Waals surface area contributed by atoms with Gasteiger partial charge in [0.1, 0.15) is 0 Å². The molecule has 0 nitrogen and oxygen atoms in total. The molecule has 2 aromatic rings. The SMILES string of the molecule is Brc1ccc(CC2C=CC=CC2)c2ccccc12. The first kappa shape index (κ1) is 11.7. The van der Waals surface area contributed by atoms with Gasteiger partial charge in [-0.05, 0) is 41.2 Å². The first-order valence-corrected chi connectivity index (χ1v) is 7.13. The minimum absolute atomic E-state index is 0.639. The Morgan fingerprint density at radius 3 is 2.61 bits per heavy atom. The Bertz CT molecular complexity index is 623. The van der Waals surface area contributed by atoms with Crippen LogP contribution in [0.3, 0.4) is 0 Å². The van der Waals surface area contributed by atoms with Crippen LogP contribution in [-0.2, 0) is 6.42 Å². The van der Waals surface area contributed by atoms with Crippen LogP contribution in [0.4, 0.5) is 0 Å². The third kappa shape index (κ3) is 2.28. The molecule has 3 rings (SSSR count). The van der Waals surface area contributed by atoms with Gasteiger partial charge in [-0.1, -0.05) is 70.6 Å². The third-order valence-electron chi connectivity index (χ3n) is 3.51. The molecule has 0 saturated heterocycles. The Morgan fingerprint density at radius 1 is 1.00 bits per heavy atom. The Balaban J connectivity index is 1.99. The smallest absolute Gasteiger partial charge is 0.0253 e. The molecular weight excluding hydrogens is 284 g/mol. The van der Waals surface area contributed by atoms with E-state index >= 15 is 0 Å². The predicted octanol–water partition coefficient (Wildman–Crippen LogP) is 5.28. The molecule has 0 aliphatic heterocycles. The summed E-state index contributed by atoms with van der Waals surface area (Å²) in [5, 5.41) is 2.68. The summed E-state index contributed by atoms with van der Waals surface area (Å²) in [6.07, 6.45) is 11.1. The minimum atomic E-state index is 0.639. The molecule has 1 heteroatoms. The molecule has 1 unspecified atom stereocenters. The lowest BCUT2D eigenvalue weighted by Gasteiger charge is -2.15. The van der Waals surface area contributed by atoms with Crippen molar-refractivity contribution in [2.24, 2.45) is 5.92 Å². The minimum Gasteiger partial charge on any atom is -0.0840 e. The van der Waals surface area contributed by atoms with E-state index in [9.17, 15) is 0 Å². The Labute approximate surface area is 116 Å². The van der Waals surface area contributed by atoms with Gasteiger partial charge in [0.15, 0.2) is 0 Å². The standard InChI is InChI=1S/C17H15Br/c18-17-11-10-14(12-13-6-2-1-3-7-13)15-8-4-5-9-16(15)17/h1-6,8-11,13H,7,12H2. The maximum atomic E-state index is 3.63. The van der Waals surface area contributed by atoms with Crippen LogP contribution in [0.15, 0.2) is 65.2 Å². The average Bonchev–Trinajstić information content (AvgIpc) is 2.44. The number of halogens is 1.